The molecular formula is C25H52O7. The lowest BCUT2D eigenvalue weighted by molar-refractivity contribution is -0.0206. The zero-order valence-electron chi connectivity index (χ0n) is 21.1. The SMILES string of the molecule is CCCCCCCCOCCOCCOCCOCCOCCOCCOCCCCC. The number of hydrogen-bond donors (Lipinski definition) is 0. The van der Waals surface area contributed by atoms with Gasteiger partial charge in [-0.1, -0.05) is 58.8 Å². The van der Waals surface area contributed by atoms with Crippen molar-refractivity contribution in [2.24, 2.45) is 0 Å². The second-order valence-electron chi connectivity index (χ2n) is 7.76. The maximum absolute atomic E-state index is 5.57. The van der Waals surface area contributed by atoms with Gasteiger partial charge in [0.2, 0.25) is 0 Å². The van der Waals surface area contributed by atoms with Crippen molar-refractivity contribution in [3.05, 3.63) is 0 Å². The summed E-state index contributed by atoms with van der Waals surface area (Å²) in [5, 5.41) is 0. The molecule has 0 spiro atoms. The van der Waals surface area contributed by atoms with E-state index in [1.54, 1.807) is 0 Å². The van der Waals surface area contributed by atoms with Crippen LogP contribution in [-0.4, -0.2) is 92.5 Å². The zero-order chi connectivity index (χ0) is 23.2. The first-order chi connectivity index (χ1) is 15.9. The Kier molecular flexibility index (Phi) is 30.5. The minimum Gasteiger partial charge on any atom is -0.379 e. The Morgan fingerprint density at radius 1 is 0.250 bits per heavy atom. The van der Waals surface area contributed by atoms with Gasteiger partial charge in [0.1, 0.15) is 0 Å². The fourth-order valence-corrected chi connectivity index (χ4v) is 2.86. The molecule has 32 heavy (non-hydrogen) atoms. The predicted octanol–water partition coefficient (Wildman–Crippen LogP) is 4.65. The molecule has 0 heterocycles. The van der Waals surface area contributed by atoms with E-state index in [1.165, 1.54) is 44.9 Å². The van der Waals surface area contributed by atoms with E-state index >= 15 is 0 Å². The first kappa shape index (κ1) is 31.7. The summed E-state index contributed by atoms with van der Waals surface area (Å²) in [6.07, 6.45) is 11.3. The molecule has 194 valence electrons. The summed E-state index contributed by atoms with van der Waals surface area (Å²) in [5.41, 5.74) is 0. The molecule has 7 heteroatoms. The molecule has 0 N–H and O–H groups in total. The maximum atomic E-state index is 5.57. The van der Waals surface area contributed by atoms with Crippen molar-refractivity contribution in [1.82, 2.24) is 0 Å². The highest BCUT2D eigenvalue weighted by molar-refractivity contribution is 4.43. The van der Waals surface area contributed by atoms with Crippen LogP contribution in [0.3, 0.4) is 0 Å². The Hall–Kier alpha value is -0.280. The maximum Gasteiger partial charge on any atom is 0.0701 e. The number of ether oxygens (including phenoxy) is 7. The molecule has 0 amide bonds. The van der Waals surface area contributed by atoms with Gasteiger partial charge < -0.3 is 33.2 Å². The van der Waals surface area contributed by atoms with Crippen LogP contribution in [0.25, 0.3) is 0 Å². The monoisotopic (exact) mass is 464 g/mol. The standard InChI is InChI=1S/C25H52O7/c1-3-5-7-8-9-11-13-27-15-17-29-19-21-31-23-25-32-24-22-30-20-18-28-16-14-26-12-10-6-4-2/h3-25H2,1-2H3. The third-order valence-electron chi connectivity index (χ3n) is 4.77. The fraction of sp³-hybridized carbons (Fsp3) is 1.00. The van der Waals surface area contributed by atoms with Crippen molar-refractivity contribution >= 4 is 0 Å². The molecule has 0 aliphatic heterocycles. The van der Waals surface area contributed by atoms with Crippen LogP contribution in [0.5, 0.6) is 0 Å². The lowest BCUT2D eigenvalue weighted by Crippen LogP contribution is -2.14. The van der Waals surface area contributed by atoms with Crippen LogP contribution in [0.15, 0.2) is 0 Å². The third-order valence-corrected chi connectivity index (χ3v) is 4.77. The number of hydrogen-bond acceptors (Lipinski definition) is 7. The largest absolute Gasteiger partial charge is 0.379 e. The molecule has 0 saturated carbocycles. The second kappa shape index (κ2) is 30.7. The van der Waals surface area contributed by atoms with Crippen LogP contribution in [0, 0.1) is 0 Å². The van der Waals surface area contributed by atoms with Crippen LogP contribution in [0.1, 0.15) is 71.6 Å². The summed E-state index contributed by atoms with van der Waals surface area (Å²) >= 11 is 0. The normalized spacial score (nSPS) is 11.4. The molecule has 0 aromatic carbocycles. The van der Waals surface area contributed by atoms with E-state index in [0.29, 0.717) is 79.3 Å². The van der Waals surface area contributed by atoms with Crippen LogP contribution < -0.4 is 0 Å². The van der Waals surface area contributed by atoms with Gasteiger partial charge >= 0.3 is 0 Å². The summed E-state index contributed by atoms with van der Waals surface area (Å²) in [4.78, 5) is 0. The predicted molar refractivity (Wildman–Crippen MR) is 129 cm³/mol. The summed E-state index contributed by atoms with van der Waals surface area (Å²) in [7, 11) is 0. The van der Waals surface area contributed by atoms with Gasteiger partial charge in [-0.25, -0.2) is 0 Å². The molecule has 0 saturated heterocycles. The quantitative estimate of drug-likeness (QED) is 0.149. The van der Waals surface area contributed by atoms with Gasteiger partial charge in [-0.3, -0.25) is 0 Å². The summed E-state index contributed by atoms with van der Waals surface area (Å²) in [6, 6.07) is 0. The molecule has 0 aromatic rings. The Morgan fingerprint density at radius 3 is 0.812 bits per heavy atom. The lowest BCUT2D eigenvalue weighted by Gasteiger charge is -2.08. The fourth-order valence-electron chi connectivity index (χ4n) is 2.86. The van der Waals surface area contributed by atoms with E-state index in [-0.39, 0.29) is 0 Å². The van der Waals surface area contributed by atoms with E-state index in [0.717, 1.165) is 26.1 Å². The molecule has 0 radical (unpaired) electrons. The molecule has 0 unspecified atom stereocenters. The van der Waals surface area contributed by atoms with Crippen LogP contribution in [-0.2, 0) is 33.2 Å². The average molecular weight is 465 g/mol. The molecule has 0 aliphatic carbocycles. The van der Waals surface area contributed by atoms with E-state index < -0.39 is 0 Å². The van der Waals surface area contributed by atoms with Crippen molar-refractivity contribution in [3.63, 3.8) is 0 Å². The number of rotatable bonds is 29. The van der Waals surface area contributed by atoms with Gasteiger partial charge in [-0.2, -0.15) is 0 Å². The minimum absolute atomic E-state index is 0.566. The Balaban J connectivity index is 2.98. The molecule has 0 aliphatic rings. The zero-order valence-corrected chi connectivity index (χ0v) is 21.1. The summed E-state index contributed by atoms with van der Waals surface area (Å²) in [6.45, 7) is 13.3. The van der Waals surface area contributed by atoms with Gasteiger partial charge in [-0.05, 0) is 12.8 Å². The smallest absolute Gasteiger partial charge is 0.0701 e. The van der Waals surface area contributed by atoms with Crippen LogP contribution in [0.2, 0.25) is 0 Å². The second-order valence-corrected chi connectivity index (χ2v) is 7.76. The van der Waals surface area contributed by atoms with E-state index in [9.17, 15) is 0 Å². The van der Waals surface area contributed by atoms with Gasteiger partial charge in [0, 0.05) is 13.2 Å². The van der Waals surface area contributed by atoms with Crippen molar-refractivity contribution in [2.45, 2.75) is 71.6 Å². The molecule has 0 bridgehead atoms. The molecular weight excluding hydrogens is 412 g/mol. The molecule has 7 nitrogen and oxygen atoms in total. The lowest BCUT2D eigenvalue weighted by atomic mass is 10.1. The van der Waals surface area contributed by atoms with Gasteiger partial charge in [0.15, 0.2) is 0 Å². The summed E-state index contributed by atoms with van der Waals surface area (Å²) in [5.74, 6) is 0. The topological polar surface area (TPSA) is 64.6 Å². The average Bonchev–Trinajstić information content (AvgIpc) is 2.81. The van der Waals surface area contributed by atoms with Gasteiger partial charge in [0.25, 0.3) is 0 Å². The van der Waals surface area contributed by atoms with E-state index in [2.05, 4.69) is 13.8 Å². The van der Waals surface area contributed by atoms with Crippen molar-refractivity contribution in [1.29, 1.82) is 0 Å². The Morgan fingerprint density at radius 2 is 0.469 bits per heavy atom. The van der Waals surface area contributed by atoms with Gasteiger partial charge in [0.05, 0.1) is 79.3 Å². The molecule has 0 fully saturated rings. The molecule has 0 atom stereocenters. The molecule has 0 aromatic heterocycles. The summed E-state index contributed by atoms with van der Waals surface area (Å²) < 4.78 is 38.4. The highest BCUT2D eigenvalue weighted by atomic mass is 16.6. The van der Waals surface area contributed by atoms with Crippen LogP contribution >= 0.6 is 0 Å². The first-order valence-corrected chi connectivity index (χ1v) is 13.0. The van der Waals surface area contributed by atoms with Crippen molar-refractivity contribution < 1.29 is 33.2 Å². The Bertz CT molecular complexity index is 289. The van der Waals surface area contributed by atoms with E-state index in [1.807, 2.05) is 0 Å². The first-order valence-electron chi connectivity index (χ1n) is 13.0. The van der Waals surface area contributed by atoms with Crippen molar-refractivity contribution in [2.75, 3.05) is 92.5 Å². The third kappa shape index (κ3) is 29.7. The minimum atomic E-state index is 0.566. The number of unbranched alkanes of at least 4 members (excludes halogenated alkanes) is 7. The van der Waals surface area contributed by atoms with Gasteiger partial charge in [-0.15, -0.1) is 0 Å². The highest BCUT2D eigenvalue weighted by Crippen LogP contribution is 2.04. The van der Waals surface area contributed by atoms with Crippen LogP contribution in [0.4, 0.5) is 0 Å². The van der Waals surface area contributed by atoms with Crippen molar-refractivity contribution in [3.8, 4) is 0 Å². The van der Waals surface area contributed by atoms with E-state index in [4.69, 9.17) is 33.2 Å². The Labute approximate surface area is 197 Å². The highest BCUT2D eigenvalue weighted by Gasteiger charge is 1.95. The molecule has 0 rings (SSSR count).